The van der Waals surface area contributed by atoms with Crippen LogP contribution in [0, 0.1) is 17.8 Å². The van der Waals surface area contributed by atoms with E-state index >= 15 is 0 Å². The molecule has 39 heavy (non-hydrogen) atoms. The monoisotopic (exact) mass is 537 g/mol. The van der Waals surface area contributed by atoms with Crippen molar-refractivity contribution >= 4 is 23.6 Å². The molecule has 0 fully saturated rings. The molecule has 0 unspecified atom stereocenters. The molecule has 3 atom stereocenters. The number of hydrogen-bond donors (Lipinski definition) is 5. The van der Waals surface area contributed by atoms with Gasteiger partial charge < -0.3 is 16.4 Å². The molecule has 0 aliphatic heterocycles. The fraction of sp³-hybridized carbons (Fsp3) is 0.467. The molecule has 0 saturated heterocycles. The van der Waals surface area contributed by atoms with Gasteiger partial charge in [-0.1, -0.05) is 68.4 Å². The second-order valence-electron chi connectivity index (χ2n) is 10.4. The standard InChI is InChI=1S/C30H43N5O4/c1-20(2)17-26(25(29(37)35-39)12-8-11-22-9-6-5-7-10-22)28(36)34-27(30(38)32-4)18-23-13-15-24(16-14-23)19-33-21(3)31/h5-7,9-10,13-16,20,25-27,39H,8,11-12,17-19H2,1-4H3,(H2,31,33)(H,32,38)(H,34,36)(H,35,37)/t25-,26-,27+/m1/s1. The van der Waals surface area contributed by atoms with Crippen molar-refractivity contribution < 1.29 is 19.6 Å². The number of amidine groups is 1. The van der Waals surface area contributed by atoms with E-state index < -0.39 is 23.8 Å². The van der Waals surface area contributed by atoms with Gasteiger partial charge in [-0.25, -0.2) is 5.48 Å². The fourth-order valence-corrected chi connectivity index (χ4v) is 4.63. The molecule has 2 aromatic carbocycles. The lowest BCUT2D eigenvalue weighted by Crippen LogP contribution is -2.51. The molecule has 0 saturated carbocycles. The summed E-state index contributed by atoms with van der Waals surface area (Å²) in [5, 5.41) is 15.0. The van der Waals surface area contributed by atoms with E-state index in [-0.39, 0.29) is 24.2 Å². The topological polar surface area (TPSA) is 146 Å². The van der Waals surface area contributed by atoms with Crippen molar-refractivity contribution in [1.82, 2.24) is 16.1 Å². The van der Waals surface area contributed by atoms with Crippen LogP contribution in [-0.2, 0) is 33.8 Å². The first-order valence-corrected chi connectivity index (χ1v) is 13.5. The Morgan fingerprint density at radius 1 is 0.897 bits per heavy atom. The lowest BCUT2D eigenvalue weighted by molar-refractivity contribution is -0.142. The number of aryl methyl sites for hydroxylation is 1. The number of benzene rings is 2. The van der Waals surface area contributed by atoms with E-state index in [0.29, 0.717) is 31.6 Å². The van der Waals surface area contributed by atoms with E-state index in [1.165, 1.54) is 7.05 Å². The van der Waals surface area contributed by atoms with Gasteiger partial charge in [0.15, 0.2) is 0 Å². The zero-order chi connectivity index (χ0) is 28.8. The Hall–Kier alpha value is -3.72. The van der Waals surface area contributed by atoms with Crippen molar-refractivity contribution in [1.29, 1.82) is 0 Å². The Labute approximate surface area is 231 Å². The minimum Gasteiger partial charge on any atom is -0.388 e. The molecule has 0 aliphatic carbocycles. The van der Waals surface area contributed by atoms with Gasteiger partial charge in [0.25, 0.3) is 0 Å². The lowest BCUT2D eigenvalue weighted by atomic mass is 9.80. The highest BCUT2D eigenvalue weighted by Crippen LogP contribution is 2.27. The van der Waals surface area contributed by atoms with Gasteiger partial charge in [0.2, 0.25) is 17.7 Å². The zero-order valence-corrected chi connectivity index (χ0v) is 23.4. The van der Waals surface area contributed by atoms with E-state index in [1.54, 1.807) is 12.4 Å². The summed E-state index contributed by atoms with van der Waals surface area (Å²) >= 11 is 0. The molecular formula is C30H43N5O4. The molecule has 0 aromatic heterocycles. The third kappa shape index (κ3) is 10.9. The number of carbonyl (C=O) groups is 3. The summed E-state index contributed by atoms with van der Waals surface area (Å²) in [5.74, 6) is -2.12. The van der Waals surface area contributed by atoms with Gasteiger partial charge in [-0.15, -0.1) is 0 Å². The van der Waals surface area contributed by atoms with Crippen LogP contribution in [-0.4, -0.2) is 41.9 Å². The number of likely N-dealkylation sites (N-methyl/N-ethyl adjacent to an activating group) is 1. The highest BCUT2D eigenvalue weighted by Gasteiger charge is 2.35. The number of aliphatic imine (C=N–C) groups is 1. The first-order valence-electron chi connectivity index (χ1n) is 13.5. The minimum absolute atomic E-state index is 0.120. The van der Waals surface area contributed by atoms with Gasteiger partial charge in [0.05, 0.1) is 18.3 Å². The van der Waals surface area contributed by atoms with E-state index in [0.717, 1.165) is 23.1 Å². The largest absolute Gasteiger partial charge is 0.388 e. The first kappa shape index (κ1) is 31.5. The smallest absolute Gasteiger partial charge is 0.247 e. The quantitative estimate of drug-likeness (QED) is 0.103. The number of nitrogens with zero attached hydrogens (tertiary/aromatic N) is 1. The van der Waals surface area contributed by atoms with Gasteiger partial charge in [0, 0.05) is 19.4 Å². The maximum atomic E-state index is 13.6. The SMILES string of the molecule is CNC(=O)[C@H](Cc1ccc(CN=C(C)N)cc1)NC(=O)[C@H](CC(C)C)[C@@H](CCCc1ccccc1)C(=O)NO. The summed E-state index contributed by atoms with van der Waals surface area (Å²) in [5.41, 5.74) is 10.4. The number of carbonyl (C=O) groups excluding carboxylic acids is 3. The van der Waals surface area contributed by atoms with E-state index in [1.807, 2.05) is 68.4 Å². The van der Waals surface area contributed by atoms with Crippen LogP contribution in [0.3, 0.4) is 0 Å². The predicted octanol–water partition coefficient (Wildman–Crippen LogP) is 3.14. The Morgan fingerprint density at radius 2 is 1.54 bits per heavy atom. The van der Waals surface area contributed by atoms with Crippen molar-refractivity contribution in [3.05, 3.63) is 71.3 Å². The van der Waals surface area contributed by atoms with Crippen LogP contribution in [0.5, 0.6) is 0 Å². The maximum absolute atomic E-state index is 13.6. The number of rotatable bonds is 15. The fourth-order valence-electron chi connectivity index (χ4n) is 4.63. The first-order chi connectivity index (χ1) is 18.6. The molecule has 9 nitrogen and oxygen atoms in total. The molecule has 0 bridgehead atoms. The van der Waals surface area contributed by atoms with Crippen molar-refractivity contribution in [2.75, 3.05) is 7.05 Å². The van der Waals surface area contributed by atoms with Gasteiger partial charge in [-0.05, 0) is 55.2 Å². The minimum atomic E-state index is -0.825. The summed E-state index contributed by atoms with van der Waals surface area (Å²) in [6, 6.07) is 16.7. The van der Waals surface area contributed by atoms with Gasteiger partial charge >= 0.3 is 0 Å². The molecule has 0 spiro atoms. The van der Waals surface area contributed by atoms with Gasteiger partial charge in [0.1, 0.15) is 6.04 Å². The van der Waals surface area contributed by atoms with Crippen molar-refractivity contribution in [2.24, 2.45) is 28.5 Å². The molecule has 2 rings (SSSR count). The molecule has 0 aliphatic rings. The predicted molar refractivity (Wildman–Crippen MR) is 153 cm³/mol. The summed E-state index contributed by atoms with van der Waals surface area (Å²) in [6.45, 7) is 6.15. The third-order valence-corrected chi connectivity index (χ3v) is 6.67. The highest BCUT2D eigenvalue weighted by molar-refractivity contribution is 5.91. The third-order valence-electron chi connectivity index (χ3n) is 6.67. The molecule has 9 heteroatoms. The molecule has 212 valence electrons. The molecule has 3 amide bonds. The van der Waals surface area contributed by atoms with Crippen LogP contribution in [0.2, 0.25) is 0 Å². The molecule has 0 heterocycles. The molecular weight excluding hydrogens is 494 g/mol. The van der Waals surface area contributed by atoms with Crippen LogP contribution in [0.4, 0.5) is 0 Å². The summed E-state index contributed by atoms with van der Waals surface area (Å²) in [6.07, 6.45) is 2.56. The van der Waals surface area contributed by atoms with Crippen LogP contribution in [0.15, 0.2) is 59.6 Å². The summed E-state index contributed by atoms with van der Waals surface area (Å²) in [4.78, 5) is 43.3. The second-order valence-corrected chi connectivity index (χ2v) is 10.4. The number of amides is 3. The van der Waals surface area contributed by atoms with Crippen molar-refractivity contribution in [3.8, 4) is 0 Å². The Bertz CT molecular complexity index is 1080. The Kier molecular flexibility index (Phi) is 13.2. The van der Waals surface area contributed by atoms with E-state index in [2.05, 4.69) is 15.6 Å². The molecule has 6 N–H and O–H groups in total. The van der Waals surface area contributed by atoms with E-state index in [4.69, 9.17) is 5.73 Å². The number of nitrogens with two attached hydrogens (primary N) is 1. The van der Waals surface area contributed by atoms with E-state index in [9.17, 15) is 19.6 Å². The second kappa shape index (κ2) is 16.3. The number of hydrogen-bond acceptors (Lipinski definition) is 5. The zero-order valence-electron chi connectivity index (χ0n) is 23.4. The Balaban J connectivity index is 2.19. The van der Waals surface area contributed by atoms with Gasteiger partial charge in [-0.3, -0.25) is 24.6 Å². The van der Waals surface area contributed by atoms with Crippen LogP contribution in [0.25, 0.3) is 0 Å². The maximum Gasteiger partial charge on any atom is 0.247 e. The highest BCUT2D eigenvalue weighted by atomic mass is 16.5. The van der Waals surface area contributed by atoms with Gasteiger partial charge in [-0.2, -0.15) is 0 Å². The summed E-state index contributed by atoms with van der Waals surface area (Å²) < 4.78 is 0. The average Bonchev–Trinajstić information content (AvgIpc) is 2.93. The Morgan fingerprint density at radius 3 is 2.10 bits per heavy atom. The van der Waals surface area contributed by atoms with Crippen molar-refractivity contribution in [2.45, 2.75) is 65.5 Å². The molecule has 0 radical (unpaired) electrons. The lowest BCUT2D eigenvalue weighted by Gasteiger charge is -2.28. The van der Waals surface area contributed by atoms with Crippen LogP contribution < -0.4 is 21.8 Å². The number of hydroxylamine groups is 1. The van der Waals surface area contributed by atoms with Crippen molar-refractivity contribution in [3.63, 3.8) is 0 Å². The number of nitrogens with one attached hydrogen (secondary N) is 3. The normalized spacial score (nSPS) is 13.8. The van der Waals surface area contributed by atoms with Crippen LogP contribution >= 0.6 is 0 Å². The average molecular weight is 538 g/mol. The molecule has 2 aromatic rings. The summed E-state index contributed by atoms with van der Waals surface area (Å²) in [7, 11) is 1.52. The van der Waals surface area contributed by atoms with Crippen LogP contribution in [0.1, 0.15) is 56.7 Å².